The van der Waals surface area contributed by atoms with Gasteiger partial charge in [-0.05, 0) is 93.6 Å². The summed E-state index contributed by atoms with van der Waals surface area (Å²) in [6.45, 7) is 8.28. The Kier molecular flexibility index (Phi) is 5.90. The minimum Gasteiger partial charge on any atom is -0.504 e. The highest BCUT2D eigenvalue weighted by Gasteiger charge is 2.66. The fourth-order valence-corrected chi connectivity index (χ4v) is 8.47. The Morgan fingerprint density at radius 1 is 1.14 bits per heavy atom. The molecule has 1 aromatic heterocycles. The summed E-state index contributed by atoms with van der Waals surface area (Å²) in [4.78, 5) is 30.0. The summed E-state index contributed by atoms with van der Waals surface area (Å²) in [6.07, 6.45) is 9.30. The maximum atomic E-state index is 13.6. The van der Waals surface area contributed by atoms with Crippen molar-refractivity contribution in [3.05, 3.63) is 29.1 Å². The molecule has 0 aliphatic heterocycles. The lowest BCUT2D eigenvalue weighted by molar-refractivity contribution is -0.160. The zero-order chi connectivity index (χ0) is 25.2. The van der Waals surface area contributed by atoms with Crippen LogP contribution in [0.1, 0.15) is 83.5 Å². The number of pyridine rings is 1. The number of allylic oxidation sites excluding steroid dienone is 1. The van der Waals surface area contributed by atoms with E-state index in [2.05, 4.69) is 24.1 Å². The van der Waals surface area contributed by atoms with Gasteiger partial charge in [0.2, 0.25) is 0 Å². The second-order valence-corrected chi connectivity index (χ2v) is 12.1. The number of carbonyl (C=O) groups excluding carboxylic acids is 2. The molecule has 0 aromatic carbocycles. The fraction of sp³-hybridized carbons (Fsp3) is 0.690. The summed E-state index contributed by atoms with van der Waals surface area (Å²) in [5.74, 6) is 1.49. The summed E-state index contributed by atoms with van der Waals surface area (Å²) < 4.78 is 0. The first-order chi connectivity index (χ1) is 16.5. The number of nitrogens with zero attached hydrogens (tertiary/aromatic N) is 1. The van der Waals surface area contributed by atoms with Crippen molar-refractivity contribution in [2.75, 3.05) is 11.9 Å². The number of nitrogens with one attached hydrogen (secondary N) is 1. The van der Waals surface area contributed by atoms with Crippen LogP contribution >= 0.6 is 0 Å². The van der Waals surface area contributed by atoms with Crippen molar-refractivity contribution < 1.29 is 19.8 Å². The van der Waals surface area contributed by atoms with Gasteiger partial charge in [0.1, 0.15) is 5.60 Å². The molecule has 3 fully saturated rings. The van der Waals surface area contributed by atoms with Crippen molar-refractivity contribution in [3.8, 4) is 5.75 Å². The third-order valence-corrected chi connectivity index (χ3v) is 10.5. The van der Waals surface area contributed by atoms with Crippen molar-refractivity contribution in [1.29, 1.82) is 0 Å². The van der Waals surface area contributed by atoms with Crippen molar-refractivity contribution in [1.82, 2.24) is 4.98 Å². The van der Waals surface area contributed by atoms with Gasteiger partial charge >= 0.3 is 0 Å². The average molecular weight is 481 g/mol. The number of carbonyl (C=O) groups is 2. The van der Waals surface area contributed by atoms with Crippen LogP contribution < -0.4 is 5.32 Å². The van der Waals surface area contributed by atoms with E-state index in [0.717, 1.165) is 44.2 Å². The Labute approximate surface area is 208 Å². The fourth-order valence-electron chi connectivity index (χ4n) is 8.47. The number of ketones is 2. The molecule has 0 radical (unpaired) electrons. The largest absolute Gasteiger partial charge is 0.504 e. The Balaban J connectivity index is 1.35. The van der Waals surface area contributed by atoms with Crippen LogP contribution in [0.2, 0.25) is 0 Å². The smallest absolute Gasteiger partial charge is 0.183 e. The molecule has 3 saturated carbocycles. The quantitative estimate of drug-likeness (QED) is 0.554. The molecule has 3 N–H and O–H groups in total. The molecule has 4 aliphatic carbocycles. The van der Waals surface area contributed by atoms with Crippen LogP contribution in [0.3, 0.4) is 0 Å². The molecule has 6 heteroatoms. The van der Waals surface area contributed by atoms with Crippen LogP contribution in [0.25, 0.3) is 0 Å². The zero-order valence-corrected chi connectivity index (χ0v) is 21.6. The van der Waals surface area contributed by atoms with Gasteiger partial charge in [-0.3, -0.25) is 14.6 Å². The molecular formula is C29H40N2O4. The van der Waals surface area contributed by atoms with Gasteiger partial charge in [0.25, 0.3) is 0 Å². The van der Waals surface area contributed by atoms with Crippen LogP contribution in [0.15, 0.2) is 17.7 Å². The molecule has 1 aromatic rings. The van der Waals surface area contributed by atoms with E-state index in [9.17, 15) is 19.8 Å². The van der Waals surface area contributed by atoms with E-state index >= 15 is 0 Å². The second kappa shape index (κ2) is 8.43. The molecule has 6 atom stereocenters. The third-order valence-electron chi connectivity index (χ3n) is 10.5. The molecule has 35 heavy (non-hydrogen) atoms. The van der Waals surface area contributed by atoms with Crippen LogP contribution in [-0.2, 0) is 16.0 Å². The zero-order valence-electron chi connectivity index (χ0n) is 21.6. The lowest BCUT2D eigenvalue weighted by Crippen LogP contribution is -2.58. The molecular weight excluding hydrogens is 440 g/mol. The number of aromatic nitrogens is 1. The summed E-state index contributed by atoms with van der Waals surface area (Å²) in [5, 5.41) is 25.6. The number of fused-ring (bicyclic) bond motifs is 5. The van der Waals surface area contributed by atoms with Crippen molar-refractivity contribution >= 4 is 17.3 Å². The Bertz CT molecular complexity index is 1100. The highest BCUT2D eigenvalue weighted by Crippen LogP contribution is 2.67. The summed E-state index contributed by atoms with van der Waals surface area (Å²) in [7, 11) is 0. The number of hydrogen-bond donors (Lipinski definition) is 3. The Morgan fingerprint density at radius 3 is 2.63 bits per heavy atom. The van der Waals surface area contributed by atoms with Gasteiger partial charge in [0, 0.05) is 17.5 Å². The van der Waals surface area contributed by atoms with E-state index < -0.39 is 11.0 Å². The predicted molar refractivity (Wildman–Crippen MR) is 135 cm³/mol. The standard InChI is InChI=1S/C29H40N2O4/c1-5-23-26(34)24(14-17(2)31-23)30-16-25(33)29(35)13-10-22-20-7-6-18-15-19(32)8-11-27(18,3)21(20)9-12-28(22,29)4/h14-15,20-22,34-35H,5-13,16H2,1-4H3,(H,30,31)/t20-,21+,22-,27+,28+,29+/m1/s1. The lowest BCUT2D eigenvalue weighted by Gasteiger charge is -2.58. The first kappa shape index (κ1) is 24.5. The molecule has 0 bridgehead atoms. The van der Waals surface area contributed by atoms with Gasteiger partial charge < -0.3 is 15.5 Å². The first-order valence-electron chi connectivity index (χ1n) is 13.5. The number of aryl methyl sites for hydroxylation is 2. The highest BCUT2D eigenvalue weighted by atomic mass is 16.3. The van der Waals surface area contributed by atoms with Crippen LogP contribution in [0.5, 0.6) is 5.75 Å². The van der Waals surface area contributed by atoms with Gasteiger partial charge in [-0.25, -0.2) is 0 Å². The average Bonchev–Trinajstić information content (AvgIpc) is 3.11. The monoisotopic (exact) mass is 480 g/mol. The van der Waals surface area contributed by atoms with Gasteiger partial charge in [0.15, 0.2) is 17.3 Å². The summed E-state index contributed by atoms with van der Waals surface area (Å²) in [5.41, 5.74) is 1.50. The van der Waals surface area contributed by atoms with E-state index in [1.807, 2.05) is 19.9 Å². The van der Waals surface area contributed by atoms with Gasteiger partial charge in [0.05, 0.1) is 17.9 Å². The minimum absolute atomic E-state index is 0.0141. The maximum Gasteiger partial charge on any atom is 0.183 e. The van der Waals surface area contributed by atoms with Crippen LogP contribution in [0.4, 0.5) is 5.69 Å². The van der Waals surface area contributed by atoms with E-state index in [0.29, 0.717) is 48.4 Å². The summed E-state index contributed by atoms with van der Waals surface area (Å²) >= 11 is 0. The van der Waals surface area contributed by atoms with Crippen molar-refractivity contribution in [2.45, 2.75) is 91.1 Å². The number of anilines is 1. The maximum absolute atomic E-state index is 13.6. The molecule has 5 rings (SSSR count). The third kappa shape index (κ3) is 3.58. The summed E-state index contributed by atoms with van der Waals surface area (Å²) in [6, 6.07) is 1.75. The number of Topliss-reactive ketones (excluding diaryl/α,β-unsaturated/α-hetero) is 1. The molecule has 0 unspecified atom stereocenters. The molecule has 0 saturated heterocycles. The van der Waals surface area contributed by atoms with E-state index in [4.69, 9.17) is 0 Å². The van der Waals surface area contributed by atoms with Gasteiger partial charge in [-0.1, -0.05) is 26.3 Å². The Morgan fingerprint density at radius 2 is 1.89 bits per heavy atom. The lowest BCUT2D eigenvalue weighted by atomic mass is 9.46. The Hall–Kier alpha value is -2.21. The molecule has 0 amide bonds. The second-order valence-electron chi connectivity index (χ2n) is 12.1. The SMILES string of the molecule is CCc1nc(C)cc(NCC(=O)[C@@]2(O)CC[C@@H]3[C@@H]4CCC5=CC(=O)CC[C@]5(C)[C@H]4CC[C@@]32C)c1O. The number of aromatic hydroxyl groups is 1. The van der Waals surface area contributed by atoms with Gasteiger partial charge in [-0.15, -0.1) is 0 Å². The van der Waals surface area contributed by atoms with E-state index in [-0.39, 0.29) is 29.3 Å². The molecule has 1 heterocycles. The van der Waals surface area contributed by atoms with Crippen LogP contribution in [-0.4, -0.2) is 38.9 Å². The predicted octanol–water partition coefficient (Wildman–Crippen LogP) is 4.90. The van der Waals surface area contributed by atoms with Crippen molar-refractivity contribution in [3.63, 3.8) is 0 Å². The molecule has 6 nitrogen and oxygen atoms in total. The number of hydrogen-bond acceptors (Lipinski definition) is 6. The van der Waals surface area contributed by atoms with E-state index in [1.54, 1.807) is 6.07 Å². The molecule has 4 aliphatic rings. The first-order valence-corrected chi connectivity index (χ1v) is 13.5. The van der Waals surface area contributed by atoms with Gasteiger partial charge in [-0.2, -0.15) is 0 Å². The highest BCUT2D eigenvalue weighted by molar-refractivity contribution is 5.92. The number of aliphatic hydroxyl groups is 1. The molecule has 0 spiro atoms. The van der Waals surface area contributed by atoms with E-state index in [1.165, 1.54) is 5.57 Å². The van der Waals surface area contributed by atoms with Crippen molar-refractivity contribution in [2.24, 2.45) is 28.6 Å². The number of rotatable bonds is 5. The normalized spacial score (nSPS) is 38.3. The topological polar surface area (TPSA) is 99.5 Å². The minimum atomic E-state index is -1.36. The molecule has 190 valence electrons. The van der Waals surface area contributed by atoms with Crippen LogP contribution in [0, 0.1) is 35.5 Å².